The van der Waals surface area contributed by atoms with Crippen LogP contribution < -0.4 is 5.32 Å². The van der Waals surface area contributed by atoms with E-state index in [-0.39, 0.29) is 5.54 Å². The summed E-state index contributed by atoms with van der Waals surface area (Å²) in [6.07, 6.45) is 6.00. The first-order valence-corrected chi connectivity index (χ1v) is 7.00. The summed E-state index contributed by atoms with van der Waals surface area (Å²) >= 11 is 0. The Hall–Kier alpha value is -1.64. The van der Waals surface area contributed by atoms with Crippen LogP contribution in [0.4, 0.5) is 0 Å². The molecule has 1 saturated carbocycles. The monoisotopic (exact) mass is 257 g/mol. The second-order valence-electron chi connectivity index (χ2n) is 5.41. The van der Waals surface area contributed by atoms with E-state index in [4.69, 9.17) is 0 Å². The maximum atomic E-state index is 10.8. The van der Waals surface area contributed by atoms with Crippen LogP contribution >= 0.6 is 0 Å². The number of hydrazone groups is 1. The molecule has 1 aliphatic heterocycles. The fraction of sp³-hybridized carbons (Fsp3) is 0.533. The molecule has 0 amide bonds. The number of piperidine rings is 1. The molecule has 0 atom stereocenters. The summed E-state index contributed by atoms with van der Waals surface area (Å²) in [6, 6.07) is 10.9. The molecular weight excluding hydrogens is 238 g/mol. The lowest BCUT2D eigenvalue weighted by Gasteiger charge is -2.45. The van der Waals surface area contributed by atoms with Crippen LogP contribution in [-0.2, 0) is 10.3 Å². The van der Waals surface area contributed by atoms with Gasteiger partial charge < -0.3 is 5.32 Å². The Balaban J connectivity index is 2.02. The molecule has 0 unspecified atom stereocenters. The summed E-state index contributed by atoms with van der Waals surface area (Å²) in [5, 5.41) is 9.49. The highest BCUT2D eigenvalue weighted by Gasteiger charge is 2.46. The van der Waals surface area contributed by atoms with E-state index in [1.54, 1.807) is 6.08 Å². The van der Waals surface area contributed by atoms with Crippen molar-refractivity contribution in [1.29, 1.82) is 0 Å². The van der Waals surface area contributed by atoms with E-state index in [2.05, 4.69) is 34.7 Å². The number of nitrogens with zero attached hydrogens (tertiary/aromatic N) is 2. The lowest BCUT2D eigenvalue weighted by atomic mass is 9.80. The molecule has 1 N–H and O–H groups in total. The van der Waals surface area contributed by atoms with Crippen molar-refractivity contribution in [3.8, 4) is 0 Å². The first-order chi connectivity index (χ1) is 9.37. The molecule has 4 heteroatoms. The third-order valence-electron chi connectivity index (χ3n) is 4.22. The molecule has 3 rings (SSSR count). The second-order valence-corrected chi connectivity index (χ2v) is 5.41. The third kappa shape index (κ3) is 2.29. The second kappa shape index (κ2) is 5.16. The number of isocyanates is 1. The zero-order valence-electron chi connectivity index (χ0n) is 11.0. The van der Waals surface area contributed by atoms with Crippen LogP contribution in [0.2, 0.25) is 0 Å². The van der Waals surface area contributed by atoms with Gasteiger partial charge in [0.05, 0.1) is 5.54 Å². The Morgan fingerprint density at radius 3 is 2.47 bits per heavy atom. The van der Waals surface area contributed by atoms with Crippen LogP contribution in [0.3, 0.4) is 0 Å². The smallest absolute Gasteiger partial charge is 0.258 e. The van der Waals surface area contributed by atoms with Gasteiger partial charge in [-0.25, -0.2) is 4.79 Å². The van der Waals surface area contributed by atoms with Gasteiger partial charge in [0.1, 0.15) is 0 Å². The Morgan fingerprint density at radius 1 is 1.21 bits per heavy atom. The molecule has 2 fully saturated rings. The maximum absolute atomic E-state index is 10.8. The number of hydrogen-bond donors (Lipinski definition) is 1. The van der Waals surface area contributed by atoms with Crippen LogP contribution in [0.1, 0.15) is 31.2 Å². The highest BCUT2D eigenvalue weighted by molar-refractivity contribution is 5.34. The van der Waals surface area contributed by atoms with Gasteiger partial charge >= 0.3 is 0 Å². The summed E-state index contributed by atoms with van der Waals surface area (Å²) in [5.41, 5.74) is 1.13. The van der Waals surface area contributed by atoms with Crippen molar-refractivity contribution in [3.63, 3.8) is 0 Å². The standard InChI is InChI=1S/C15H19N3O/c19-12-17-18(14-6-7-14)15(8-10-16-11-9-15)13-4-2-1-3-5-13/h1-5,14,16H,6-11H2. The molecule has 1 aromatic carbocycles. The normalized spacial score (nSPS) is 21.5. The molecule has 0 bridgehead atoms. The quantitative estimate of drug-likeness (QED) is 0.509. The van der Waals surface area contributed by atoms with Crippen molar-refractivity contribution in [2.45, 2.75) is 37.3 Å². The predicted octanol–water partition coefficient (Wildman–Crippen LogP) is 1.98. The topological polar surface area (TPSA) is 44.7 Å². The van der Waals surface area contributed by atoms with Crippen LogP contribution in [0, 0.1) is 0 Å². The molecule has 0 radical (unpaired) electrons. The average molecular weight is 257 g/mol. The summed E-state index contributed by atoms with van der Waals surface area (Å²) in [4.78, 5) is 10.8. The average Bonchev–Trinajstić information content (AvgIpc) is 3.31. The Kier molecular flexibility index (Phi) is 3.36. The molecule has 1 heterocycles. The summed E-state index contributed by atoms with van der Waals surface area (Å²) in [5.74, 6) is 0. The Labute approximate surface area is 113 Å². The van der Waals surface area contributed by atoms with Crippen LogP contribution in [0.15, 0.2) is 35.4 Å². The first-order valence-electron chi connectivity index (χ1n) is 7.00. The summed E-state index contributed by atoms with van der Waals surface area (Å²) in [6.45, 7) is 1.93. The fourth-order valence-corrected chi connectivity index (χ4v) is 3.13. The van der Waals surface area contributed by atoms with Gasteiger partial charge in [-0.1, -0.05) is 35.4 Å². The van der Waals surface area contributed by atoms with E-state index in [0.717, 1.165) is 38.8 Å². The number of hydrogen-bond acceptors (Lipinski definition) is 4. The van der Waals surface area contributed by atoms with Gasteiger partial charge in [0.2, 0.25) is 0 Å². The molecule has 1 aliphatic carbocycles. The lowest BCUT2D eigenvalue weighted by molar-refractivity contribution is 0.0476. The van der Waals surface area contributed by atoms with Crippen molar-refractivity contribution in [2.75, 3.05) is 13.1 Å². The highest BCUT2D eigenvalue weighted by Crippen LogP contribution is 2.43. The van der Waals surface area contributed by atoms with Crippen LogP contribution in [-0.4, -0.2) is 30.2 Å². The minimum Gasteiger partial charge on any atom is -0.317 e. The van der Waals surface area contributed by atoms with E-state index in [9.17, 15) is 4.79 Å². The van der Waals surface area contributed by atoms with Gasteiger partial charge in [0.25, 0.3) is 6.08 Å². The minimum atomic E-state index is -0.134. The fourth-order valence-electron chi connectivity index (χ4n) is 3.13. The molecule has 0 aromatic heterocycles. The van der Waals surface area contributed by atoms with Gasteiger partial charge in [-0.2, -0.15) is 0 Å². The van der Waals surface area contributed by atoms with E-state index < -0.39 is 0 Å². The summed E-state index contributed by atoms with van der Waals surface area (Å²) in [7, 11) is 0. The SMILES string of the molecule is O=C=NN(C1CC1)C1(c2ccccc2)CCNCC1. The van der Waals surface area contributed by atoms with Crippen LogP contribution in [0.25, 0.3) is 0 Å². The number of carbonyl (C=O) groups excluding carboxylic acids is 1. The van der Waals surface area contributed by atoms with Crippen molar-refractivity contribution in [1.82, 2.24) is 10.3 Å². The van der Waals surface area contributed by atoms with Gasteiger partial charge in [-0.05, 0) is 44.3 Å². The van der Waals surface area contributed by atoms with Crippen molar-refractivity contribution in [2.24, 2.45) is 5.10 Å². The van der Waals surface area contributed by atoms with Crippen molar-refractivity contribution < 1.29 is 4.79 Å². The Bertz CT molecular complexity index is 471. The number of nitrogens with one attached hydrogen (secondary N) is 1. The van der Waals surface area contributed by atoms with E-state index in [1.165, 1.54) is 5.56 Å². The zero-order chi connectivity index (χ0) is 13.1. The van der Waals surface area contributed by atoms with E-state index >= 15 is 0 Å². The van der Waals surface area contributed by atoms with Gasteiger partial charge in [-0.15, -0.1) is 0 Å². The molecular formula is C15H19N3O. The van der Waals surface area contributed by atoms with Crippen molar-refractivity contribution in [3.05, 3.63) is 35.9 Å². The lowest BCUT2D eigenvalue weighted by Crippen LogP contribution is -2.51. The van der Waals surface area contributed by atoms with Gasteiger partial charge in [0.15, 0.2) is 0 Å². The molecule has 4 nitrogen and oxygen atoms in total. The van der Waals surface area contributed by atoms with E-state index in [1.807, 2.05) is 11.1 Å². The molecule has 2 aliphatic rings. The predicted molar refractivity (Wildman–Crippen MR) is 73.2 cm³/mol. The van der Waals surface area contributed by atoms with Crippen LogP contribution in [0.5, 0.6) is 0 Å². The summed E-state index contributed by atoms with van der Waals surface area (Å²) < 4.78 is 0. The molecule has 1 saturated heterocycles. The highest BCUT2D eigenvalue weighted by atomic mass is 16.1. The Morgan fingerprint density at radius 2 is 1.89 bits per heavy atom. The van der Waals surface area contributed by atoms with E-state index in [0.29, 0.717) is 6.04 Å². The maximum Gasteiger partial charge on any atom is 0.258 e. The van der Waals surface area contributed by atoms with Gasteiger partial charge in [0, 0.05) is 6.04 Å². The largest absolute Gasteiger partial charge is 0.317 e. The first kappa shape index (κ1) is 12.4. The minimum absolute atomic E-state index is 0.134. The molecule has 100 valence electrons. The molecule has 1 aromatic rings. The zero-order valence-corrected chi connectivity index (χ0v) is 11.0. The number of benzene rings is 1. The third-order valence-corrected chi connectivity index (χ3v) is 4.22. The molecule has 19 heavy (non-hydrogen) atoms. The van der Waals surface area contributed by atoms with Crippen molar-refractivity contribution >= 4 is 6.08 Å². The molecule has 0 spiro atoms. The van der Waals surface area contributed by atoms with Gasteiger partial charge in [-0.3, -0.25) is 5.01 Å². The number of rotatable bonds is 4.